The summed E-state index contributed by atoms with van der Waals surface area (Å²) in [6.45, 7) is 3.85. The molecule has 5 heterocycles. The molecular formula is C34H29F5N6O4. The van der Waals surface area contributed by atoms with Crippen LogP contribution in [0.4, 0.5) is 33.5 Å². The fourth-order valence-electron chi connectivity index (χ4n) is 7.06. The molecule has 2 N–H and O–H groups in total. The maximum absolute atomic E-state index is 14.7. The van der Waals surface area contributed by atoms with Crippen LogP contribution in [0.1, 0.15) is 36.5 Å². The van der Waals surface area contributed by atoms with E-state index in [0.29, 0.717) is 45.0 Å². The third-order valence-corrected chi connectivity index (χ3v) is 9.73. The standard InChI is InChI=1S/C34H29F5N6O4/c1-32-8-3-9-45(32)44(14-19-4-2-5-24(35)27(19)36)31(48)26(28(32)46)30(47)42-25-7-6-22(34(37,38)39)11-23(25)21-10-20(12-40)29(41-13-21)43-15-33(16-43)17-49-18-33/h2,4-7,10-11,13,46H,3,8-9,14-18H2,1H3,(H,42,47)/t32-/m1/s1. The number of halogens is 5. The quantitative estimate of drug-likeness (QED) is 0.265. The molecule has 1 aromatic heterocycles. The van der Waals surface area contributed by atoms with Crippen molar-refractivity contribution in [2.24, 2.45) is 5.41 Å². The zero-order valence-electron chi connectivity index (χ0n) is 26.1. The lowest BCUT2D eigenvalue weighted by Crippen LogP contribution is -2.66. The van der Waals surface area contributed by atoms with E-state index < -0.39 is 58.6 Å². The number of carbonyl (C=O) groups is 2. The topological polar surface area (TPSA) is 122 Å². The molecule has 254 valence electrons. The van der Waals surface area contributed by atoms with E-state index in [0.717, 1.165) is 29.3 Å². The predicted molar refractivity (Wildman–Crippen MR) is 164 cm³/mol. The Morgan fingerprint density at radius 2 is 1.92 bits per heavy atom. The van der Waals surface area contributed by atoms with E-state index in [1.807, 2.05) is 4.90 Å². The molecule has 3 fully saturated rings. The van der Waals surface area contributed by atoms with Crippen molar-refractivity contribution in [3.05, 3.63) is 88.3 Å². The number of nitriles is 1. The van der Waals surface area contributed by atoms with Gasteiger partial charge in [-0.2, -0.15) is 18.4 Å². The summed E-state index contributed by atoms with van der Waals surface area (Å²) in [5.41, 5.74) is -3.22. The number of aliphatic hydroxyl groups excluding tert-OH is 1. The summed E-state index contributed by atoms with van der Waals surface area (Å²) in [6, 6.07) is 9.50. The number of aromatic nitrogens is 1. The number of benzene rings is 2. The number of nitrogens with zero attached hydrogens (tertiary/aromatic N) is 5. The SMILES string of the molecule is C[C@]12CCCN1N(Cc1cccc(F)c1F)C(=O)C(C(=O)Nc1ccc(C(F)(F)F)cc1-c1cnc(N3CC4(COC4)C3)c(C#N)c1)=C2O. The van der Waals surface area contributed by atoms with Gasteiger partial charge in [0.25, 0.3) is 11.8 Å². The van der Waals surface area contributed by atoms with Gasteiger partial charge in [0.05, 0.1) is 41.8 Å². The van der Waals surface area contributed by atoms with Gasteiger partial charge < -0.3 is 20.1 Å². The van der Waals surface area contributed by atoms with Crippen LogP contribution in [0.15, 0.2) is 60.0 Å². The van der Waals surface area contributed by atoms with E-state index in [1.165, 1.54) is 29.4 Å². The van der Waals surface area contributed by atoms with Gasteiger partial charge in [-0.05, 0) is 50.1 Å². The number of fused-ring (bicyclic) bond motifs is 1. The monoisotopic (exact) mass is 680 g/mol. The molecule has 1 atom stereocenters. The van der Waals surface area contributed by atoms with Crippen LogP contribution in [-0.4, -0.2) is 70.3 Å². The second kappa shape index (κ2) is 11.5. The number of alkyl halides is 3. The summed E-state index contributed by atoms with van der Waals surface area (Å²) in [5, 5.41) is 26.4. The largest absolute Gasteiger partial charge is 0.509 e. The number of pyridine rings is 1. The summed E-state index contributed by atoms with van der Waals surface area (Å²) in [4.78, 5) is 34.0. The summed E-state index contributed by atoms with van der Waals surface area (Å²) in [7, 11) is 0. The number of amides is 2. The smallest absolute Gasteiger partial charge is 0.416 e. The van der Waals surface area contributed by atoms with Gasteiger partial charge in [-0.3, -0.25) is 14.6 Å². The first-order valence-electron chi connectivity index (χ1n) is 15.5. The lowest BCUT2D eigenvalue weighted by atomic mass is 9.78. The molecule has 0 bridgehead atoms. The molecule has 2 aromatic carbocycles. The van der Waals surface area contributed by atoms with Crippen LogP contribution in [0.3, 0.4) is 0 Å². The van der Waals surface area contributed by atoms with Gasteiger partial charge in [0.15, 0.2) is 11.6 Å². The van der Waals surface area contributed by atoms with E-state index in [-0.39, 0.29) is 39.9 Å². The van der Waals surface area contributed by atoms with Gasteiger partial charge in [0.2, 0.25) is 0 Å². The number of hydrogen-bond donors (Lipinski definition) is 2. The molecular weight excluding hydrogens is 651 g/mol. The fourth-order valence-corrected chi connectivity index (χ4v) is 7.06. The highest BCUT2D eigenvalue weighted by molar-refractivity contribution is 6.24. The van der Waals surface area contributed by atoms with Crippen LogP contribution in [0, 0.1) is 28.4 Å². The molecule has 1 spiro atoms. The van der Waals surface area contributed by atoms with Crippen molar-refractivity contribution < 1.29 is 41.4 Å². The Bertz CT molecular complexity index is 1960. The van der Waals surface area contributed by atoms with Gasteiger partial charge in [0, 0.05) is 48.2 Å². The van der Waals surface area contributed by atoms with E-state index in [1.54, 1.807) is 6.92 Å². The Labute approximate surface area is 277 Å². The molecule has 0 radical (unpaired) electrons. The zero-order valence-corrected chi connectivity index (χ0v) is 26.1. The fraction of sp³-hybridized carbons (Fsp3) is 0.353. The molecule has 10 nitrogen and oxygen atoms in total. The Hall–Kier alpha value is -5.07. The number of anilines is 2. The normalized spacial score (nSPS) is 21.7. The third kappa shape index (κ3) is 5.35. The van der Waals surface area contributed by atoms with Gasteiger partial charge in [0.1, 0.15) is 23.2 Å². The summed E-state index contributed by atoms with van der Waals surface area (Å²) in [6.07, 6.45) is -2.63. The van der Waals surface area contributed by atoms with E-state index in [9.17, 15) is 41.9 Å². The maximum atomic E-state index is 14.7. The minimum Gasteiger partial charge on any atom is -0.509 e. The van der Waals surface area contributed by atoms with Crippen molar-refractivity contribution >= 4 is 23.3 Å². The number of hydrogen-bond acceptors (Lipinski definition) is 8. The van der Waals surface area contributed by atoms with Crippen molar-refractivity contribution in [1.29, 1.82) is 5.26 Å². The van der Waals surface area contributed by atoms with Gasteiger partial charge in [-0.1, -0.05) is 12.1 Å². The van der Waals surface area contributed by atoms with Gasteiger partial charge in [-0.25, -0.2) is 18.8 Å². The van der Waals surface area contributed by atoms with Crippen LogP contribution in [-0.2, 0) is 27.0 Å². The highest BCUT2D eigenvalue weighted by Crippen LogP contribution is 2.44. The number of carbonyl (C=O) groups excluding carboxylic acids is 2. The van der Waals surface area contributed by atoms with E-state index >= 15 is 0 Å². The highest BCUT2D eigenvalue weighted by Gasteiger charge is 2.53. The first-order valence-corrected chi connectivity index (χ1v) is 15.5. The summed E-state index contributed by atoms with van der Waals surface area (Å²) < 4.78 is 75.6. The van der Waals surface area contributed by atoms with Crippen molar-refractivity contribution in [2.45, 2.75) is 38.0 Å². The number of aliphatic hydroxyl groups is 1. The molecule has 4 aliphatic heterocycles. The van der Waals surface area contributed by atoms with Crippen molar-refractivity contribution in [2.75, 3.05) is 43.1 Å². The average Bonchev–Trinajstić information content (AvgIpc) is 3.42. The van der Waals surface area contributed by atoms with Gasteiger partial charge in [-0.15, -0.1) is 0 Å². The number of hydrazine groups is 1. The molecule has 49 heavy (non-hydrogen) atoms. The Morgan fingerprint density at radius 3 is 2.59 bits per heavy atom. The first-order chi connectivity index (χ1) is 23.2. The average molecular weight is 681 g/mol. The lowest BCUT2D eigenvalue weighted by Gasteiger charge is -2.55. The minimum atomic E-state index is -4.76. The van der Waals surface area contributed by atoms with Crippen LogP contribution in [0.25, 0.3) is 11.1 Å². The van der Waals surface area contributed by atoms with Crippen LogP contribution in [0.5, 0.6) is 0 Å². The zero-order chi connectivity index (χ0) is 34.9. The summed E-state index contributed by atoms with van der Waals surface area (Å²) >= 11 is 0. The van der Waals surface area contributed by atoms with Gasteiger partial charge >= 0.3 is 6.18 Å². The van der Waals surface area contributed by atoms with Crippen LogP contribution >= 0.6 is 0 Å². The Morgan fingerprint density at radius 1 is 1.16 bits per heavy atom. The molecule has 0 unspecified atom stereocenters. The minimum absolute atomic E-state index is 0.00991. The highest BCUT2D eigenvalue weighted by atomic mass is 19.4. The third-order valence-electron chi connectivity index (χ3n) is 9.73. The summed E-state index contributed by atoms with van der Waals surface area (Å²) in [5.74, 6) is -4.61. The number of nitrogens with one attached hydrogen (secondary N) is 1. The molecule has 0 aliphatic carbocycles. The molecule has 0 saturated carbocycles. The maximum Gasteiger partial charge on any atom is 0.416 e. The lowest BCUT2D eigenvalue weighted by molar-refractivity contribution is -0.160. The predicted octanol–water partition coefficient (Wildman–Crippen LogP) is 5.32. The molecule has 2 amide bonds. The first kappa shape index (κ1) is 32.5. The Balaban J connectivity index is 1.24. The Kier molecular flexibility index (Phi) is 7.64. The molecule has 3 aromatic rings. The van der Waals surface area contributed by atoms with Crippen LogP contribution < -0.4 is 10.2 Å². The second-order valence-electron chi connectivity index (χ2n) is 13.1. The van der Waals surface area contributed by atoms with E-state index in [4.69, 9.17) is 4.74 Å². The molecule has 4 aliphatic rings. The molecule has 3 saturated heterocycles. The van der Waals surface area contributed by atoms with Crippen LogP contribution in [0.2, 0.25) is 0 Å². The number of ether oxygens (including phenoxy) is 1. The van der Waals surface area contributed by atoms with E-state index in [2.05, 4.69) is 16.4 Å². The van der Waals surface area contributed by atoms with Crippen molar-refractivity contribution in [1.82, 2.24) is 15.0 Å². The van der Waals surface area contributed by atoms with Crippen molar-refractivity contribution in [3.63, 3.8) is 0 Å². The number of rotatable bonds is 6. The molecule has 15 heteroatoms. The second-order valence-corrected chi connectivity index (χ2v) is 13.1. The van der Waals surface area contributed by atoms with Crippen molar-refractivity contribution in [3.8, 4) is 17.2 Å². The molecule has 7 rings (SSSR count).